The SMILES string of the molecule is CCc1ccc(C2CCC(C3CCC(C4CC=C(C5CO5)C(F)=C4F)CC3)C(F)=C2F)cc1. The fraction of sp³-hybridized carbons (Fsp3) is 0.571. The molecule has 0 radical (unpaired) electrons. The molecule has 1 saturated heterocycles. The molecule has 0 aromatic heterocycles. The van der Waals surface area contributed by atoms with E-state index in [1.165, 1.54) is 5.56 Å². The van der Waals surface area contributed by atoms with Gasteiger partial charge in [-0.1, -0.05) is 37.3 Å². The van der Waals surface area contributed by atoms with Crippen LogP contribution in [0.25, 0.3) is 0 Å². The Hall–Kier alpha value is -1.88. The van der Waals surface area contributed by atoms with Gasteiger partial charge < -0.3 is 4.74 Å². The van der Waals surface area contributed by atoms with Crippen LogP contribution in [0.4, 0.5) is 17.6 Å². The van der Waals surface area contributed by atoms with Gasteiger partial charge in [-0.2, -0.15) is 0 Å². The molecule has 5 rings (SSSR count). The number of aryl methyl sites for hydroxylation is 1. The molecule has 1 nitrogen and oxygen atoms in total. The average Bonchev–Trinajstić information content (AvgIpc) is 3.68. The molecule has 178 valence electrons. The largest absolute Gasteiger partial charge is 0.368 e. The first-order valence-electron chi connectivity index (χ1n) is 12.5. The first kappa shape index (κ1) is 22.9. The van der Waals surface area contributed by atoms with E-state index < -0.39 is 35.1 Å². The Morgan fingerprint density at radius 2 is 1.42 bits per heavy atom. The van der Waals surface area contributed by atoms with Crippen LogP contribution in [-0.4, -0.2) is 12.7 Å². The molecule has 1 heterocycles. The lowest BCUT2D eigenvalue weighted by atomic mass is 9.67. The first-order chi connectivity index (χ1) is 16.0. The molecule has 2 fully saturated rings. The summed E-state index contributed by atoms with van der Waals surface area (Å²) >= 11 is 0. The van der Waals surface area contributed by atoms with Gasteiger partial charge in [0.1, 0.15) is 23.6 Å². The van der Waals surface area contributed by atoms with Gasteiger partial charge in [0, 0.05) is 23.3 Å². The Bertz CT molecular complexity index is 964. The fourth-order valence-electron chi connectivity index (χ4n) is 6.28. The summed E-state index contributed by atoms with van der Waals surface area (Å²) in [4.78, 5) is 0. The molecule has 5 heteroatoms. The molecule has 4 aliphatic rings. The summed E-state index contributed by atoms with van der Waals surface area (Å²) in [6, 6.07) is 7.82. The van der Waals surface area contributed by atoms with Crippen molar-refractivity contribution >= 4 is 0 Å². The summed E-state index contributed by atoms with van der Waals surface area (Å²) in [5.74, 6) is -3.77. The van der Waals surface area contributed by atoms with Crippen LogP contribution in [0.5, 0.6) is 0 Å². The maximum Gasteiger partial charge on any atom is 0.160 e. The number of ether oxygens (including phenoxy) is 1. The zero-order chi connectivity index (χ0) is 23.1. The lowest BCUT2D eigenvalue weighted by Gasteiger charge is -2.39. The number of allylic oxidation sites excluding steroid dienone is 4. The molecule has 33 heavy (non-hydrogen) atoms. The number of epoxide rings is 1. The van der Waals surface area contributed by atoms with Gasteiger partial charge in [-0.05, 0) is 74.3 Å². The maximum absolute atomic E-state index is 15.2. The molecule has 4 atom stereocenters. The van der Waals surface area contributed by atoms with Gasteiger partial charge in [-0.15, -0.1) is 0 Å². The van der Waals surface area contributed by atoms with Crippen molar-refractivity contribution in [3.8, 4) is 0 Å². The zero-order valence-corrected chi connectivity index (χ0v) is 19.1. The van der Waals surface area contributed by atoms with Crippen LogP contribution in [0.3, 0.4) is 0 Å². The topological polar surface area (TPSA) is 12.5 Å². The van der Waals surface area contributed by atoms with Crippen molar-refractivity contribution < 1.29 is 22.3 Å². The number of halogens is 4. The molecule has 3 aliphatic carbocycles. The molecule has 1 aliphatic heterocycles. The first-order valence-corrected chi connectivity index (χ1v) is 12.5. The molecule has 0 amide bonds. The predicted molar refractivity (Wildman–Crippen MR) is 121 cm³/mol. The van der Waals surface area contributed by atoms with E-state index in [1.54, 1.807) is 6.08 Å². The summed E-state index contributed by atoms with van der Waals surface area (Å²) in [7, 11) is 0. The van der Waals surface area contributed by atoms with Crippen LogP contribution < -0.4 is 0 Å². The van der Waals surface area contributed by atoms with Crippen LogP contribution in [0.15, 0.2) is 59.2 Å². The molecule has 1 saturated carbocycles. The standard InChI is InChI=1S/C28H32F4O/c1-2-16-3-5-17(6-4-16)20-11-12-21(26(30)25(20)29)18-7-9-19(10-8-18)22-13-14-23(24-15-33-24)28(32)27(22)31/h3-6,14,18-22,24H,2,7-13,15H2,1H3. The Morgan fingerprint density at radius 3 is 2.03 bits per heavy atom. The summed E-state index contributed by atoms with van der Waals surface area (Å²) < 4.78 is 64.6. The van der Waals surface area contributed by atoms with Crippen LogP contribution in [-0.2, 0) is 11.2 Å². The van der Waals surface area contributed by atoms with Gasteiger partial charge in [0.25, 0.3) is 0 Å². The zero-order valence-electron chi connectivity index (χ0n) is 19.1. The predicted octanol–water partition coefficient (Wildman–Crippen LogP) is 8.20. The second-order valence-electron chi connectivity index (χ2n) is 10.2. The van der Waals surface area contributed by atoms with E-state index in [0.717, 1.165) is 37.7 Å². The van der Waals surface area contributed by atoms with E-state index in [4.69, 9.17) is 4.74 Å². The van der Waals surface area contributed by atoms with Gasteiger partial charge >= 0.3 is 0 Å². The van der Waals surface area contributed by atoms with E-state index in [1.807, 2.05) is 24.3 Å². The molecular weight excluding hydrogens is 428 g/mol. The van der Waals surface area contributed by atoms with Crippen LogP contribution in [0, 0.1) is 23.7 Å². The number of benzene rings is 1. The van der Waals surface area contributed by atoms with Crippen molar-refractivity contribution in [3.63, 3.8) is 0 Å². The molecular formula is C28H32F4O. The smallest absolute Gasteiger partial charge is 0.160 e. The summed E-state index contributed by atoms with van der Waals surface area (Å²) in [5.41, 5.74) is 2.39. The normalized spacial score (nSPS) is 35.0. The maximum atomic E-state index is 15.2. The second-order valence-corrected chi connectivity index (χ2v) is 10.2. The summed E-state index contributed by atoms with van der Waals surface area (Å²) in [6.45, 7) is 2.53. The van der Waals surface area contributed by atoms with Crippen molar-refractivity contribution in [1.82, 2.24) is 0 Å². The quantitative estimate of drug-likeness (QED) is 0.319. The Kier molecular flexibility index (Phi) is 6.52. The molecule has 1 aromatic rings. The Labute approximate surface area is 193 Å². The van der Waals surface area contributed by atoms with Crippen LogP contribution in [0.1, 0.15) is 68.9 Å². The van der Waals surface area contributed by atoms with Crippen molar-refractivity contribution in [3.05, 3.63) is 70.3 Å². The monoisotopic (exact) mass is 460 g/mol. The minimum absolute atomic E-state index is 0.0511. The van der Waals surface area contributed by atoms with Gasteiger partial charge in [0.15, 0.2) is 5.83 Å². The highest BCUT2D eigenvalue weighted by atomic mass is 19.2. The summed E-state index contributed by atoms with van der Waals surface area (Å²) in [6.07, 6.45) is 7.09. The van der Waals surface area contributed by atoms with E-state index in [-0.39, 0.29) is 23.9 Å². The molecule has 4 unspecified atom stereocenters. The van der Waals surface area contributed by atoms with Crippen molar-refractivity contribution in [2.45, 2.75) is 70.3 Å². The van der Waals surface area contributed by atoms with E-state index >= 15 is 8.78 Å². The highest BCUT2D eigenvalue weighted by Crippen LogP contribution is 2.50. The highest BCUT2D eigenvalue weighted by Gasteiger charge is 2.42. The molecule has 0 N–H and O–H groups in total. The minimum Gasteiger partial charge on any atom is -0.368 e. The number of hydrogen-bond acceptors (Lipinski definition) is 1. The Balaban J connectivity index is 1.22. The van der Waals surface area contributed by atoms with E-state index in [9.17, 15) is 8.78 Å². The average molecular weight is 461 g/mol. The number of rotatable bonds is 5. The lowest BCUT2D eigenvalue weighted by molar-refractivity contribution is 0.148. The third-order valence-electron chi connectivity index (χ3n) is 8.43. The third-order valence-corrected chi connectivity index (χ3v) is 8.43. The highest BCUT2D eigenvalue weighted by molar-refractivity contribution is 5.38. The van der Waals surface area contributed by atoms with Crippen molar-refractivity contribution in [2.75, 3.05) is 6.61 Å². The van der Waals surface area contributed by atoms with E-state index in [2.05, 4.69) is 6.92 Å². The fourth-order valence-corrected chi connectivity index (χ4v) is 6.28. The van der Waals surface area contributed by atoms with Gasteiger partial charge in [0.05, 0.1) is 6.61 Å². The van der Waals surface area contributed by atoms with E-state index in [0.29, 0.717) is 31.4 Å². The van der Waals surface area contributed by atoms with Crippen molar-refractivity contribution in [1.29, 1.82) is 0 Å². The van der Waals surface area contributed by atoms with Crippen LogP contribution >= 0.6 is 0 Å². The lowest BCUT2D eigenvalue weighted by Crippen LogP contribution is -2.29. The van der Waals surface area contributed by atoms with Gasteiger partial charge in [-0.25, -0.2) is 17.6 Å². The van der Waals surface area contributed by atoms with Crippen molar-refractivity contribution in [2.24, 2.45) is 23.7 Å². The van der Waals surface area contributed by atoms with Gasteiger partial charge in [0.2, 0.25) is 0 Å². The molecule has 1 aromatic carbocycles. The van der Waals surface area contributed by atoms with Gasteiger partial charge in [-0.3, -0.25) is 0 Å². The minimum atomic E-state index is -0.739. The molecule has 0 bridgehead atoms. The summed E-state index contributed by atoms with van der Waals surface area (Å²) in [5, 5.41) is 0. The second kappa shape index (κ2) is 9.40. The molecule has 0 spiro atoms. The Morgan fingerprint density at radius 1 is 0.788 bits per heavy atom. The third kappa shape index (κ3) is 4.45. The number of hydrogen-bond donors (Lipinski definition) is 0. The van der Waals surface area contributed by atoms with Crippen LogP contribution in [0.2, 0.25) is 0 Å².